The minimum Gasteiger partial charge on any atom is -0.325 e. The molecule has 0 radical (unpaired) electrons. The molecule has 0 aliphatic heterocycles. The first-order chi connectivity index (χ1) is 10.4. The molecule has 4 nitrogen and oxygen atoms in total. The summed E-state index contributed by atoms with van der Waals surface area (Å²) in [4.78, 5) is 13.4. The summed E-state index contributed by atoms with van der Waals surface area (Å²) in [5.74, 6) is 0.773. The topological polar surface area (TPSA) is 57.8 Å². The molecule has 22 heavy (non-hydrogen) atoms. The first-order valence-electron chi connectivity index (χ1n) is 7.44. The Hall–Kier alpha value is -1.75. The molecule has 0 aliphatic rings. The second kappa shape index (κ2) is 7.01. The number of hydrogen-bond donors (Lipinski definition) is 2. The van der Waals surface area contributed by atoms with Crippen molar-refractivity contribution in [3.8, 4) is 0 Å². The predicted molar refractivity (Wildman–Crippen MR) is 92.7 cm³/mol. The van der Waals surface area contributed by atoms with E-state index in [4.69, 9.17) is 0 Å². The highest BCUT2D eigenvalue weighted by Gasteiger charge is 2.14. The van der Waals surface area contributed by atoms with E-state index >= 15 is 0 Å². The Balaban J connectivity index is 2.07. The van der Waals surface area contributed by atoms with Crippen LogP contribution in [-0.4, -0.2) is 21.9 Å². The Morgan fingerprint density at radius 2 is 2.05 bits per heavy atom. The van der Waals surface area contributed by atoms with E-state index in [1.165, 1.54) is 17.3 Å². The van der Waals surface area contributed by atoms with Crippen molar-refractivity contribution in [1.29, 1.82) is 0 Å². The summed E-state index contributed by atoms with van der Waals surface area (Å²) in [6.07, 6.45) is 0. The van der Waals surface area contributed by atoms with E-state index in [1.807, 2.05) is 32.9 Å². The highest BCUT2D eigenvalue weighted by Crippen LogP contribution is 2.28. The van der Waals surface area contributed by atoms with Crippen LogP contribution in [-0.2, 0) is 4.79 Å². The van der Waals surface area contributed by atoms with Gasteiger partial charge in [-0.15, -0.1) is 11.8 Å². The number of aromatic amines is 1. The summed E-state index contributed by atoms with van der Waals surface area (Å²) in [7, 11) is 0. The van der Waals surface area contributed by atoms with E-state index in [1.54, 1.807) is 0 Å². The lowest BCUT2D eigenvalue weighted by molar-refractivity contribution is -0.113. The van der Waals surface area contributed by atoms with Gasteiger partial charge in [0, 0.05) is 11.4 Å². The fraction of sp³-hybridized carbons (Fsp3) is 0.412. The molecule has 2 rings (SSSR count). The number of rotatable bonds is 5. The van der Waals surface area contributed by atoms with Gasteiger partial charge in [-0.05, 0) is 37.8 Å². The summed E-state index contributed by atoms with van der Waals surface area (Å²) in [5, 5.41) is 10.2. The minimum absolute atomic E-state index is 0.0150. The zero-order valence-corrected chi connectivity index (χ0v) is 14.6. The molecule has 5 heteroatoms. The molecule has 1 aromatic carbocycles. The SMILES string of the molecule is Cc1cccc(C(C)C)c1NC(=O)CSc1c(C)n[nH]c1C. The number of amides is 1. The molecular formula is C17H23N3OS. The lowest BCUT2D eigenvalue weighted by Crippen LogP contribution is -2.16. The monoisotopic (exact) mass is 317 g/mol. The molecule has 0 unspecified atom stereocenters. The second-order valence-corrected chi connectivity index (χ2v) is 6.78. The van der Waals surface area contributed by atoms with Crippen LogP contribution in [0.25, 0.3) is 0 Å². The molecule has 0 saturated heterocycles. The maximum atomic E-state index is 12.3. The number of H-pyrrole nitrogens is 1. The zero-order valence-electron chi connectivity index (χ0n) is 13.8. The number of anilines is 1. The molecule has 118 valence electrons. The number of nitrogens with one attached hydrogen (secondary N) is 2. The largest absolute Gasteiger partial charge is 0.325 e. The number of para-hydroxylation sites is 1. The Labute approximate surface area is 136 Å². The average molecular weight is 317 g/mol. The number of aromatic nitrogens is 2. The molecule has 1 heterocycles. The predicted octanol–water partition coefficient (Wildman–Crippen LogP) is 4.19. The van der Waals surface area contributed by atoms with E-state index in [9.17, 15) is 4.79 Å². The Kier molecular flexibility index (Phi) is 5.29. The number of carbonyl (C=O) groups excluding carboxylic acids is 1. The molecule has 0 bridgehead atoms. The maximum Gasteiger partial charge on any atom is 0.234 e. The number of aryl methyl sites for hydroxylation is 3. The number of benzene rings is 1. The van der Waals surface area contributed by atoms with Crippen molar-refractivity contribution < 1.29 is 4.79 Å². The maximum absolute atomic E-state index is 12.3. The van der Waals surface area contributed by atoms with Gasteiger partial charge >= 0.3 is 0 Å². The molecule has 1 amide bonds. The standard InChI is InChI=1S/C17H23N3OS/c1-10(2)14-8-6-7-11(3)16(14)18-15(21)9-22-17-12(4)19-20-13(17)5/h6-8,10H,9H2,1-5H3,(H,18,21)(H,19,20). The number of hydrogen-bond acceptors (Lipinski definition) is 3. The van der Waals surface area contributed by atoms with Gasteiger partial charge in [-0.3, -0.25) is 9.89 Å². The molecule has 0 saturated carbocycles. The highest BCUT2D eigenvalue weighted by molar-refractivity contribution is 8.00. The molecule has 1 aromatic heterocycles. The minimum atomic E-state index is 0.0150. The Morgan fingerprint density at radius 1 is 1.32 bits per heavy atom. The highest BCUT2D eigenvalue weighted by atomic mass is 32.2. The number of thioether (sulfide) groups is 1. The van der Waals surface area contributed by atoms with E-state index < -0.39 is 0 Å². The fourth-order valence-corrected chi connectivity index (χ4v) is 3.27. The summed E-state index contributed by atoms with van der Waals surface area (Å²) in [6.45, 7) is 10.2. The molecular weight excluding hydrogens is 294 g/mol. The van der Waals surface area contributed by atoms with Crippen LogP contribution in [0.4, 0.5) is 5.69 Å². The van der Waals surface area contributed by atoms with E-state index in [-0.39, 0.29) is 5.91 Å². The molecule has 0 aliphatic carbocycles. The zero-order chi connectivity index (χ0) is 16.3. The summed E-state index contributed by atoms with van der Waals surface area (Å²) in [6, 6.07) is 6.14. The smallest absolute Gasteiger partial charge is 0.234 e. The van der Waals surface area contributed by atoms with Gasteiger partial charge in [0.25, 0.3) is 0 Å². The van der Waals surface area contributed by atoms with Gasteiger partial charge in [0.15, 0.2) is 0 Å². The number of nitrogens with zero attached hydrogens (tertiary/aromatic N) is 1. The average Bonchev–Trinajstić information content (AvgIpc) is 2.77. The second-order valence-electron chi connectivity index (χ2n) is 5.79. The third-order valence-corrected chi connectivity index (χ3v) is 4.90. The Bertz CT molecular complexity index is 657. The molecule has 0 fully saturated rings. The van der Waals surface area contributed by atoms with Crippen molar-refractivity contribution in [2.75, 3.05) is 11.1 Å². The lowest BCUT2D eigenvalue weighted by atomic mass is 9.98. The quantitative estimate of drug-likeness (QED) is 0.813. The van der Waals surface area contributed by atoms with Crippen molar-refractivity contribution in [3.05, 3.63) is 40.7 Å². The van der Waals surface area contributed by atoms with E-state index in [2.05, 4.69) is 35.4 Å². The van der Waals surface area contributed by atoms with E-state index in [0.29, 0.717) is 11.7 Å². The first-order valence-corrected chi connectivity index (χ1v) is 8.42. The Morgan fingerprint density at radius 3 is 2.64 bits per heavy atom. The van der Waals surface area contributed by atoms with Crippen LogP contribution in [0.3, 0.4) is 0 Å². The molecule has 0 spiro atoms. The van der Waals surface area contributed by atoms with Crippen LogP contribution in [0.15, 0.2) is 23.1 Å². The summed E-state index contributed by atoms with van der Waals surface area (Å²) in [5.41, 5.74) is 5.17. The van der Waals surface area contributed by atoms with Crippen molar-refractivity contribution >= 4 is 23.4 Å². The van der Waals surface area contributed by atoms with Crippen LogP contribution in [0.1, 0.15) is 42.3 Å². The molecule has 2 N–H and O–H groups in total. The van der Waals surface area contributed by atoms with Gasteiger partial charge in [-0.2, -0.15) is 5.10 Å². The van der Waals surface area contributed by atoms with Gasteiger partial charge in [0.2, 0.25) is 5.91 Å². The molecule has 0 atom stereocenters. The van der Waals surface area contributed by atoms with Gasteiger partial charge in [-0.25, -0.2) is 0 Å². The van der Waals surface area contributed by atoms with Crippen molar-refractivity contribution in [3.63, 3.8) is 0 Å². The first kappa shape index (κ1) is 16.6. The van der Waals surface area contributed by atoms with Crippen LogP contribution in [0, 0.1) is 20.8 Å². The van der Waals surface area contributed by atoms with Gasteiger partial charge in [0.1, 0.15) is 0 Å². The van der Waals surface area contributed by atoms with E-state index in [0.717, 1.165) is 27.5 Å². The van der Waals surface area contributed by atoms with Gasteiger partial charge < -0.3 is 5.32 Å². The van der Waals surface area contributed by atoms with Gasteiger partial charge in [0.05, 0.1) is 16.3 Å². The van der Waals surface area contributed by atoms with Crippen LogP contribution >= 0.6 is 11.8 Å². The lowest BCUT2D eigenvalue weighted by Gasteiger charge is -2.16. The third-order valence-electron chi connectivity index (χ3n) is 3.60. The van der Waals surface area contributed by atoms with Crippen LogP contribution in [0.5, 0.6) is 0 Å². The fourth-order valence-electron chi connectivity index (χ4n) is 2.41. The summed E-state index contributed by atoms with van der Waals surface area (Å²) < 4.78 is 0. The summed E-state index contributed by atoms with van der Waals surface area (Å²) >= 11 is 1.52. The van der Waals surface area contributed by atoms with Crippen LogP contribution in [0.2, 0.25) is 0 Å². The van der Waals surface area contributed by atoms with Crippen molar-refractivity contribution in [1.82, 2.24) is 10.2 Å². The molecule has 2 aromatic rings. The third kappa shape index (κ3) is 3.71. The van der Waals surface area contributed by atoms with Crippen LogP contribution < -0.4 is 5.32 Å². The number of carbonyl (C=O) groups is 1. The van der Waals surface area contributed by atoms with Crippen molar-refractivity contribution in [2.45, 2.75) is 45.4 Å². The van der Waals surface area contributed by atoms with Crippen molar-refractivity contribution in [2.24, 2.45) is 0 Å². The normalized spacial score (nSPS) is 11.0. The van der Waals surface area contributed by atoms with Gasteiger partial charge in [-0.1, -0.05) is 32.0 Å².